The molecule has 0 amide bonds. The zero-order valence-corrected chi connectivity index (χ0v) is 11.3. The fourth-order valence-corrected chi connectivity index (χ4v) is 1.82. The van der Waals surface area contributed by atoms with Gasteiger partial charge in [-0.25, -0.2) is 0 Å². The third-order valence-corrected chi connectivity index (χ3v) is 2.47. The number of likely N-dealkylation sites (N-methyl/N-ethyl adjacent to an activating group) is 1. The molecule has 0 radical (unpaired) electrons. The Morgan fingerprint density at radius 1 is 1.37 bits per heavy atom. The van der Waals surface area contributed by atoms with Gasteiger partial charge in [0, 0.05) is 24.2 Å². The van der Waals surface area contributed by atoms with E-state index in [-0.39, 0.29) is 18.0 Å². The van der Waals surface area contributed by atoms with Crippen molar-refractivity contribution in [3.8, 4) is 0 Å². The summed E-state index contributed by atoms with van der Waals surface area (Å²) in [5.41, 5.74) is -0.487. The maximum Gasteiger partial charge on any atom is 0.269 e. The number of hydrogen-bond acceptors (Lipinski definition) is 5. The van der Waals surface area contributed by atoms with Gasteiger partial charge < -0.3 is 5.11 Å². The molecule has 6 nitrogen and oxygen atoms in total. The minimum Gasteiger partial charge on any atom is -0.389 e. The standard InChI is InChI=1S/C13H18N2O4/c1-13(2,17)9-14(3)8-12(16)10-4-6-11(7-5-10)15(18)19/h4-7,17H,8-9H2,1-3H3. The van der Waals surface area contributed by atoms with Gasteiger partial charge in [-0.3, -0.25) is 19.8 Å². The monoisotopic (exact) mass is 266 g/mol. The highest BCUT2D eigenvalue weighted by molar-refractivity contribution is 5.97. The van der Waals surface area contributed by atoms with Crippen molar-refractivity contribution < 1.29 is 14.8 Å². The predicted octanol–water partition coefficient (Wildman–Crippen LogP) is 1.48. The highest BCUT2D eigenvalue weighted by atomic mass is 16.6. The Kier molecular flexibility index (Phi) is 4.74. The van der Waals surface area contributed by atoms with Gasteiger partial charge in [-0.15, -0.1) is 0 Å². The number of nitro benzene ring substituents is 1. The highest BCUT2D eigenvalue weighted by Crippen LogP contribution is 2.13. The molecule has 0 fully saturated rings. The number of carbonyl (C=O) groups excluding carboxylic acids is 1. The van der Waals surface area contributed by atoms with Crippen molar-refractivity contribution in [3.05, 3.63) is 39.9 Å². The summed E-state index contributed by atoms with van der Waals surface area (Å²) >= 11 is 0. The van der Waals surface area contributed by atoms with Crippen LogP contribution in [0.25, 0.3) is 0 Å². The van der Waals surface area contributed by atoms with Crippen LogP contribution in [0.1, 0.15) is 24.2 Å². The van der Waals surface area contributed by atoms with Crippen LogP contribution in [0.4, 0.5) is 5.69 Å². The lowest BCUT2D eigenvalue weighted by atomic mass is 10.1. The SMILES string of the molecule is CN(CC(=O)c1ccc([N+](=O)[O-])cc1)CC(C)(C)O. The first-order chi connectivity index (χ1) is 8.69. The second kappa shape index (κ2) is 5.90. The quantitative estimate of drug-likeness (QED) is 0.479. The van der Waals surface area contributed by atoms with Gasteiger partial charge in [-0.05, 0) is 33.0 Å². The fraction of sp³-hybridized carbons (Fsp3) is 0.462. The van der Waals surface area contributed by atoms with Crippen LogP contribution in [0, 0.1) is 10.1 Å². The second-order valence-corrected chi connectivity index (χ2v) is 5.21. The van der Waals surface area contributed by atoms with E-state index < -0.39 is 10.5 Å². The average molecular weight is 266 g/mol. The Morgan fingerprint density at radius 3 is 2.32 bits per heavy atom. The summed E-state index contributed by atoms with van der Waals surface area (Å²) in [6.07, 6.45) is 0. The normalized spacial score (nSPS) is 11.6. The van der Waals surface area contributed by atoms with Gasteiger partial charge in [0.2, 0.25) is 0 Å². The lowest BCUT2D eigenvalue weighted by Gasteiger charge is -2.24. The number of carbonyl (C=O) groups is 1. The Morgan fingerprint density at radius 2 is 1.89 bits per heavy atom. The molecule has 0 aliphatic rings. The molecule has 0 spiro atoms. The van der Waals surface area contributed by atoms with Crippen molar-refractivity contribution in [2.75, 3.05) is 20.1 Å². The number of rotatable bonds is 6. The van der Waals surface area contributed by atoms with Crippen molar-refractivity contribution in [2.24, 2.45) is 0 Å². The molecule has 1 aromatic rings. The van der Waals surface area contributed by atoms with Gasteiger partial charge in [0.25, 0.3) is 5.69 Å². The first-order valence-electron chi connectivity index (χ1n) is 5.87. The third kappa shape index (κ3) is 5.15. The topological polar surface area (TPSA) is 83.7 Å². The molecule has 0 aliphatic heterocycles. The first kappa shape index (κ1) is 15.3. The van der Waals surface area contributed by atoms with E-state index in [0.29, 0.717) is 12.1 Å². The van der Waals surface area contributed by atoms with E-state index in [1.54, 1.807) is 25.8 Å². The lowest BCUT2D eigenvalue weighted by Crippen LogP contribution is -2.38. The fourth-order valence-electron chi connectivity index (χ4n) is 1.82. The number of aliphatic hydroxyl groups is 1. The van der Waals surface area contributed by atoms with Crippen LogP contribution in [0.2, 0.25) is 0 Å². The van der Waals surface area contributed by atoms with Crippen LogP contribution in [0.5, 0.6) is 0 Å². The minimum atomic E-state index is -0.871. The number of Topliss-reactive ketones (excluding diaryl/α,β-unsaturated/α-hetero) is 1. The summed E-state index contributed by atoms with van der Waals surface area (Å²) in [6, 6.07) is 5.50. The predicted molar refractivity (Wildman–Crippen MR) is 71.2 cm³/mol. The van der Waals surface area contributed by atoms with Crippen LogP contribution in [0.15, 0.2) is 24.3 Å². The van der Waals surface area contributed by atoms with Crippen LogP contribution in [-0.2, 0) is 0 Å². The molecule has 19 heavy (non-hydrogen) atoms. The Hall–Kier alpha value is -1.79. The summed E-state index contributed by atoms with van der Waals surface area (Å²) in [7, 11) is 1.74. The third-order valence-electron chi connectivity index (χ3n) is 2.47. The number of hydrogen-bond donors (Lipinski definition) is 1. The molecule has 0 unspecified atom stereocenters. The van der Waals surface area contributed by atoms with E-state index in [4.69, 9.17) is 0 Å². The minimum absolute atomic E-state index is 0.0404. The zero-order chi connectivity index (χ0) is 14.6. The second-order valence-electron chi connectivity index (χ2n) is 5.21. The van der Waals surface area contributed by atoms with E-state index in [0.717, 1.165) is 0 Å². The highest BCUT2D eigenvalue weighted by Gasteiger charge is 2.18. The van der Waals surface area contributed by atoms with Crippen molar-refractivity contribution >= 4 is 11.5 Å². The molecule has 0 saturated carbocycles. The van der Waals surface area contributed by atoms with E-state index in [1.165, 1.54) is 24.3 Å². The van der Waals surface area contributed by atoms with Crippen molar-refractivity contribution in [1.29, 1.82) is 0 Å². The van der Waals surface area contributed by atoms with Crippen molar-refractivity contribution in [3.63, 3.8) is 0 Å². The molecule has 1 aromatic carbocycles. The largest absolute Gasteiger partial charge is 0.389 e. The molecule has 1 rings (SSSR count). The Bertz CT molecular complexity index is 463. The maximum absolute atomic E-state index is 11.9. The van der Waals surface area contributed by atoms with Gasteiger partial charge in [0.1, 0.15) is 0 Å². The van der Waals surface area contributed by atoms with Crippen LogP contribution < -0.4 is 0 Å². The molecule has 0 saturated heterocycles. The molecule has 0 atom stereocenters. The molecule has 1 N–H and O–H groups in total. The zero-order valence-electron chi connectivity index (χ0n) is 11.3. The van der Waals surface area contributed by atoms with Crippen molar-refractivity contribution in [1.82, 2.24) is 4.90 Å². The van der Waals surface area contributed by atoms with E-state index >= 15 is 0 Å². The summed E-state index contributed by atoms with van der Waals surface area (Å²) in [6.45, 7) is 3.85. The van der Waals surface area contributed by atoms with Crippen LogP contribution in [0.3, 0.4) is 0 Å². The molecule has 0 aliphatic carbocycles. The molecule has 0 heterocycles. The molecule has 6 heteroatoms. The van der Waals surface area contributed by atoms with Gasteiger partial charge in [-0.1, -0.05) is 0 Å². The van der Waals surface area contributed by atoms with E-state index in [2.05, 4.69) is 0 Å². The summed E-state index contributed by atoms with van der Waals surface area (Å²) in [5.74, 6) is -0.137. The van der Waals surface area contributed by atoms with E-state index in [1.807, 2.05) is 0 Å². The number of benzene rings is 1. The molecular weight excluding hydrogens is 248 g/mol. The van der Waals surface area contributed by atoms with Crippen LogP contribution in [-0.4, -0.2) is 46.5 Å². The first-order valence-corrected chi connectivity index (χ1v) is 5.87. The summed E-state index contributed by atoms with van der Waals surface area (Å²) in [5, 5.41) is 20.1. The summed E-state index contributed by atoms with van der Waals surface area (Å²) < 4.78 is 0. The van der Waals surface area contributed by atoms with Gasteiger partial charge >= 0.3 is 0 Å². The van der Waals surface area contributed by atoms with Gasteiger partial charge in [0.15, 0.2) is 5.78 Å². The van der Waals surface area contributed by atoms with E-state index in [9.17, 15) is 20.0 Å². The summed E-state index contributed by atoms with van der Waals surface area (Å²) in [4.78, 5) is 23.6. The lowest BCUT2D eigenvalue weighted by molar-refractivity contribution is -0.384. The Balaban J connectivity index is 2.65. The maximum atomic E-state index is 11.9. The average Bonchev–Trinajstić information content (AvgIpc) is 2.26. The number of non-ortho nitro benzene ring substituents is 1. The number of ketones is 1. The van der Waals surface area contributed by atoms with Gasteiger partial charge in [-0.2, -0.15) is 0 Å². The van der Waals surface area contributed by atoms with Gasteiger partial charge in [0.05, 0.1) is 17.1 Å². The number of nitro groups is 1. The van der Waals surface area contributed by atoms with Crippen molar-refractivity contribution in [2.45, 2.75) is 19.4 Å². The molecular formula is C13H18N2O4. The molecule has 104 valence electrons. The van der Waals surface area contributed by atoms with Crippen LogP contribution >= 0.6 is 0 Å². The molecule has 0 bridgehead atoms. The number of nitrogens with zero attached hydrogens (tertiary/aromatic N) is 2. The smallest absolute Gasteiger partial charge is 0.269 e. The molecule has 0 aromatic heterocycles. The Labute approximate surface area is 111 Å².